The highest BCUT2D eigenvalue weighted by Crippen LogP contribution is 2.27. The summed E-state index contributed by atoms with van der Waals surface area (Å²) in [5, 5.41) is 12.0. The van der Waals surface area contributed by atoms with Crippen molar-refractivity contribution >= 4 is 21.7 Å². The van der Waals surface area contributed by atoms with Gasteiger partial charge in [-0.15, -0.1) is 0 Å². The van der Waals surface area contributed by atoms with E-state index in [1.807, 2.05) is 0 Å². The third-order valence-corrected chi connectivity index (χ3v) is 3.01. The van der Waals surface area contributed by atoms with Gasteiger partial charge in [0.1, 0.15) is 0 Å². The van der Waals surface area contributed by atoms with E-state index < -0.39 is 0 Å². The highest BCUT2D eigenvalue weighted by atomic mass is 79.9. The van der Waals surface area contributed by atoms with Gasteiger partial charge in [0.15, 0.2) is 11.6 Å². The number of aromatic nitrogens is 1. The number of rotatable bonds is 3. The van der Waals surface area contributed by atoms with Crippen LogP contribution in [-0.2, 0) is 0 Å². The van der Waals surface area contributed by atoms with Gasteiger partial charge in [-0.3, -0.25) is 0 Å². The lowest BCUT2D eigenvalue weighted by Crippen LogP contribution is -2.33. The Morgan fingerprint density at radius 3 is 2.93 bits per heavy atom. The fourth-order valence-corrected chi connectivity index (χ4v) is 1.96. The lowest BCUT2D eigenvalue weighted by molar-refractivity contribution is 0.0486. The number of hydrogen-bond donors (Lipinski definition) is 2. The van der Waals surface area contributed by atoms with E-state index in [0.29, 0.717) is 16.9 Å². The Hall–Kier alpha value is -0.680. The van der Waals surface area contributed by atoms with Crippen molar-refractivity contribution in [3.8, 4) is 0 Å². The summed E-state index contributed by atoms with van der Waals surface area (Å²) in [5.74, 6) is 0.355. The zero-order valence-electron chi connectivity index (χ0n) is 8.08. The Labute approximate surface area is 95.8 Å². The maximum atomic E-state index is 13.3. The second kappa shape index (κ2) is 4.45. The molecule has 0 spiro atoms. The monoisotopic (exact) mass is 274 g/mol. The van der Waals surface area contributed by atoms with Gasteiger partial charge in [0.2, 0.25) is 0 Å². The van der Waals surface area contributed by atoms with Crippen LogP contribution in [0.15, 0.2) is 16.7 Å². The molecule has 15 heavy (non-hydrogen) atoms. The minimum absolute atomic E-state index is 0.167. The molecule has 1 aliphatic carbocycles. The lowest BCUT2D eigenvalue weighted by Gasteiger charge is -2.31. The van der Waals surface area contributed by atoms with Crippen molar-refractivity contribution in [2.45, 2.75) is 18.9 Å². The Balaban J connectivity index is 1.88. The maximum absolute atomic E-state index is 13.3. The highest BCUT2D eigenvalue weighted by molar-refractivity contribution is 9.10. The van der Waals surface area contributed by atoms with Crippen molar-refractivity contribution in [1.82, 2.24) is 4.98 Å². The van der Waals surface area contributed by atoms with Crippen molar-refractivity contribution in [2.24, 2.45) is 5.92 Å². The van der Waals surface area contributed by atoms with Gasteiger partial charge in [0.05, 0.1) is 6.10 Å². The van der Waals surface area contributed by atoms with Crippen molar-refractivity contribution in [3.05, 3.63) is 22.6 Å². The summed E-state index contributed by atoms with van der Waals surface area (Å²) in [4.78, 5) is 3.93. The summed E-state index contributed by atoms with van der Waals surface area (Å²) in [7, 11) is 0. The molecule has 3 nitrogen and oxygen atoms in total. The van der Waals surface area contributed by atoms with Crippen LogP contribution >= 0.6 is 15.9 Å². The topological polar surface area (TPSA) is 45.1 Å². The maximum Gasteiger partial charge on any atom is 0.166 e. The van der Waals surface area contributed by atoms with E-state index in [2.05, 4.69) is 26.2 Å². The Bertz CT molecular complexity index is 355. The highest BCUT2D eigenvalue weighted by Gasteiger charge is 2.26. The Morgan fingerprint density at radius 2 is 2.33 bits per heavy atom. The van der Waals surface area contributed by atoms with Crippen LogP contribution in [0.1, 0.15) is 12.8 Å². The Morgan fingerprint density at radius 1 is 1.60 bits per heavy atom. The van der Waals surface area contributed by atoms with E-state index in [0.717, 1.165) is 12.8 Å². The molecule has 0 atom stereocenters. The molecular weight excluding hydrogens is 263 g/mol. The van der Waals surface area contributed by atoms with E-state index in [1.54, 1.807) is 6.20 Å². The number of pyridine rings is 1. The van der Waals surface area contributed by atoms with Crippen LogP contribution in [0.5, 0.6) is 0 Å². The second-order valence-electron chi connectivity index (χ2n) is 3.86. The van der Waals surface area contributed by atoms with Crippen LogP contribution in [0, 0.1) is 11.7 Å². The summed E-state index contributed by atoms with van der Waals surface area (Å²) >= 11 is 3.15. The standard InChI is InChI=1S/C10H12BrFN2O/c11-7-3-9(12)10(14-5-7)13-4-6-1-8(15)2-6/h3,5-6,8,15H,1-2,4H2,(H,13,14). The first-order valence-corrected chi connectivity index (χ1v) is 5.67. The third-order valence-electron chi connectivity index (χ3n) is 2.58. The van der Waals surface area contributed by atoms with Crippen LogP contribution in [0.3, 0.4) is 0 Å². The van der Waals surface area contributed by atoms with Crippen LogP contribution in [0.2, 0.25) is 0 Å². The zero-order chi connectivity index (χ0) is 10.8. The second-order valence-corrected chi connectivity index (χ2v) is 4.77. The predicted molar refractivity (Wildman–Crippen MR) is 59.1 cm³/mol. The van der Waals surface area contributed by atoms with E-state index in [9.17, 15) is 4.39 Å². The molecule has 1 fully saturated rings. The third kappa shape index (κ3) is 2.66. The summed E-state index contributed by atoms with van der Waals surface area (Å²) in [6.07, 6.45) is 2.98. The largest absolute Gasteiger partial charge is 0.393 e. The van der Waals surface area contributed by atoms with Gasteiger partial charge in [0.25, 0.3) is 0 Å². The summed E-state index contributed by atoms with van der Waals surface area (Å²) in [5.41, 5.74) is 0. The number of nitrogens with one attached hydrogen (secondary N) is 1. The van der Waals surface area contributed by atoms with Gasteiger partial charge in [-0.2, -0.15) is 0 Å². The number of anilines is 1. The smallest absolute Gasteiger partial charge is 0.166 e. The van der Waals surface area contributed by atoms with Crippen LogP contribution < -0.4 is 5.32 Å². The first kappa shape index (κ1) is 10.8. The molecule has 0 aromatic carbocycles. The van der Waals surface area contributed by atoms with Gasteiger partial charge >= 0.3 is 0 Å². The van der Waals surface area contributed by atoms with E-state index in [1.165, 1.54) is 6.07 Å². The number of aliphatic hydroxyl groups is 1. The number of halogens is 2. The molecule has 0 bridgehead atoms. The molecule has 0 radical (unpaired) electrons. The van der Waals surface area contributed by atoms with Crippen molar-refractivity contribution in [2.75, 3.05) is 11.9 Å². The number of nitrogens with zero attached hydrogens (tertiary/aromatic N) is 1. The molecule has 1 aromatic heterocycles. The van der Waals surface area contributed by atoms with E-state index in [-0.39, 0.29) is 17.7 Å². The molecule has 2 N–H and O–H groups in total. The van der Waals surface area contributed by atoms with E-state index >= 15 is 0 Å². The lowest BCUT2D eigenvalue weighted by atomic mass is 9.82. The molecule has 1 aromatic rings. The van der Waals surface area contributed by atoms with Gasteiger partial charge in [-0.05, 0) is 40.8 Å². The minimum atomic E-state index is -0.357. The minimum Gasteiger partial charge on any atom is -0.393 e. The summed E-state index contributed by atoms with van der Waals surface area (Å²) in [6, 6.07) is 1.38. The van der Waals surface area contributed by atoms with Gasteiger partial charge in [-0.1, -0.05) is 0 Å². The predicted octanol–water partition coefficient (Wildman–Crippen LogP) is 2.17. The molecule has 82 valence electrons. The number of aliphatic hydroxyl groups excluding tert-OH is 1. The zero-order valence-corrected chi connectivity index (χ0v) is 9.67. The molecule has 0 amide bonds. The first-order valence-electron chi connectivity index (χ1n) is 4.88. The molecule has 1 saturated carbocycles. The molecule has 5 heteroatoms. The van der Waals surface area contributed by atoms with E-state index in [4.69, 9.17) is 5.11 Å². The normalized spacial score (nSPS) is 24.7. The SMILES string of the molecule is OC1CC(CNc2ncc(Br)cc2F)C1. The van der Waals surface area contributed by atoms with Gasteiger partial charge in [0, 0.05) is 17.2 Å². The molecular formula is C10H12BrFN2O. The fourth-order valence-electron chi connectivity index (χ4n) is 1.65. The first-order chi connectivity index (χ1) is 7.15. The summed E-state index contributed by atoms with van der Waals surface area (Å²) in [6.45, 7) is 0.669. The van der Waals surface area contributed by atoms with Crippen molar-refractivity contribution < 1.29 is 9.50 Å². The van der Waals surface area contributed by atoms with Gasteiger partial charge < -0.3 is 10.4 Å². The molecule has 1 heterocycles. The average molecular weight is 275 g/mol. The van der Waals surface area contributed by atoms with Crippen molar-refractivity contribution in [1.29, 1.82) is 0 Å². The van der Waals surface area contributed by atoms with Crippen LogP contribution in [-0.4, -0.2) is 22.7 Å². The molecule has 2 rings (SSSR count). The van der Waals surface area contributed by atoms with Gasteiger partial charge in [-0.25, -0.2) is 9.37 Å². The number of hydrogen-bond acceptors (Lipinski definition) is 3. The quantitative estimate of drug-likeness (QED) is 0.888. The molecule has 0 aliphatic heterocycles. The Kier molecular flexibility index (Phi) is 3.21. The van der Waals surface area contributed by atoms with Crippen LogP contribution in [0.25, 0.3) is 0 Å². The fraction of sp³-hybridized carbons (Fsp3) is 0.500. The average Bonchev–Trinajstić information content (AvgIpc) is 2.13. The molecule has 0 unspecified atom stereocenters. The molecule has 0 saturated heterocycles. The van der Waals surface area contributed by atoms with Crippen LogP contribution in [0.4, 0.5) is 10.2 Å². The van der Waals surface area contributed by atoms with Crippen molar-refractivity contribution in [3.63, 3.8) is 0 Å². The molecule has 1 aliphatic rings. The summed E-state index contributed by atoms with van der Waals surface area (Å²) < 4.78 is 13.9.